The van der Waals surface area contributed by atoms with E-state index < -0.39 is 6.61 Å². The van der Waals surface area contributed by atoms with E-state index in [0.717, 1.165) is 24.8 Å². The lowest BCUT2D eigenvalue weighted by Crippen LogP contribution is -2.27. The average molecular weight is 547 g/mol. The number of benzene rings is 2. The zero-order valence-electron chi connectivity index (χ0n) is 21.1. The minimum absolute atomic E-state index is 0.0579. The maximum atomic E-state index is 13.5. The van der Waals surface area contributed by atoms with Gasteiger partial charge in [-0.3, -0.25) is 4.79 Å². The molecule has 1 aliphatic carbocycles. The van der Waals surface area contributed by atoms with Gasteiger partial charge in [0.1, 0.15) is 5.00 Å². The van der Waals surface area contributed by atoms with Gasteiger partial charge in [-0.25, -0.2) is 4.99 Å². The molecule has 0 saturated carbocycles. The van der Waals surface area contributed by atoms with Crippen LogP contribution < -0.4 is 14.8 Å². The third-order valence-corrected chi connectivity index (χ3v) is 7.95. The molecule has 9 heteroatoms. The first kappa shape index (κ1) is 27.1. The Labute approximate surface area is 224 Å². The molecule has 1 heterocycles. The summed E-state index contributed by atoms with van der Waals surface area (Å²) >= 11 is 7.52. The van der Waals surface area contributed by atoms with Crippen LogP contribution in [0.15, 0.2) is 47.5 Å². The predicted octanol–water partition coefficient (Wildman–Crippen LogP) is 8.17. The molecular weight excluding hydrogens is 518 g/mol. The summed E-state index contributed by atoms with van der Waals surface area (Å²) in [7, 11) is 1.38. The fourth-order valence-electron chi connectivity index (χ4n) is 4.45. The fourth-order valence-corrected chi connectivity index (χ4v) is 5.85. The predicted molar refractivity (Wildman–Crippen MR) is 146 cm³/mol. The Bertz CT molecular complexity index is 1300. The number of ether oxygens (including phenoxy) is 2. The van der Waals surface area contributed by atoms with E-state index in [9.17, 15) is 13.6 Å². The molecular formula is C28H29ClF2N2O3S. The SMILES string of the molecule is COc1cc(C=Nc2sc3c(c2C(=O)Nc2ccc(Cl)cc2)CC[C@H](C(C)(C)C)C3)ccc1OC(F)F. The lowest BCUT2D eigenvalue weighted by Gasteiger charge is -2.33. The Hall–Kier alpha value is -2.97. The van der Waals surface area contributed by atoms with Gasteiger partial charge in [0, 0.05) is 21.8 Å². The molecule has 37 heavy (non-hydrogen) atoms. The van der Waals surface area contributed by atoms with Gasteiger partial charge in [-0.15, -0.1) is 11.3 Å². The van der Waals surface area contributed by atoms with Crippen LogP contribution >= 0.6 is 22.9 Å². The molecule has 0 unspecified atom stereocenters. The summed E-state index contributed by atoms with van der Waals surface area (Å²) in [6, 6.07) is 11.6. The highest BCUT2D eigenvalue weighted by Gasteiger charge is 2.33. The zero-order chi connectivity index (χ0) is 26.7. The average Bonchev–Trinajstić information content (AvgIpc) is 3.21. The summed E-state index contributed by atoms with van der Waals surface area (Å²) in [6.45, 7) is 3.79. The summed E-state index contributed by atoms with van der Waals surface area (Å²) in [5.41, 5.74) is 3.05. The van der Waals surface area contributed by atoms with Crippen LogP contribution in [0.4, 0.5) is 19.5 Å². The standard InChI is InChI=1S/C28H29ClF2N2O3S/c1-28(2,3)17-6-11-20-23(14-17)37-26(24(20)25(34)33-19-9-7-18(29)8-10-19)32-15-16-5-12-21(36-27(30)31)22(13-16)35-4/h5,7-10,12-13,15,17,27H,6,11,14H2,1-4H3,(H,33,34)/t17-/m0/s1. The van der Waals surface area contributed by atoms with Gasteiger partial charge in [0.25, 0.3) is 5.91 Å². The minimum Gasteiger partial charge on any atom is -0.493 e. The van der Waals surface area contributed by atoms with Gasteiger partial charge in [0.2, 0.25) is 0 Å². The maximum Gasteiger partial charge on any atom is 0.387 e. The summed E-state index contributed by atoms with van der Waals surface area (Å²) < 4.78 is 35.0. The Balaban J connectivity index is 1.68. The van der Waals surface area contributed by atoms with Crippen molar-refractivity contribution in [3.8, 4) is 11.5 Å². The van der Waals surface area contributed by atoms with Gasteiger partial charge in [0.05, 0.1) is 12.7 Å². The van der Waals surface area contributed by atoms with Crippen LogP contribution in [-0.2, 0) is 12.8 Å². The third kappa shape index (κ3) is 6.48. The molecule has 1 aliphatic rings. The highest BCUT2D eigenvalue weighted by Crippen LogP contribution is 2.45. The normalized spacial score (nSPS) is 15.6. The quantitative estimate of drug-likeness (QED) is 0.304. The molecule has 0 radical (unpaired) electrons. The van der Waals surface area contributed by atoms with Crippen LogP contribution in [0.3, 0.4) is 0 Å². The number of fused-ring (bicyclic) bond motifs is 1. The first-order valence-corrected chi connectivity index (χ1v) is 13.1. The van der Waals surface area contributed by atoms with Gasteiger partial charge in [0.15, 0.2) is 11.5 Å². The number of halogens is 3. The van der Waals surface area contributed by atoms with Crippen molar-refractivity contribution < 1.29 is 23.0 Å². The van der Waals surface area contributed by atoms with Crippen molar-refractivity contribution in [3.63, 3.8) is 0 Å². The number of carbonyl (C=O) groups excluding carboxylic acids is 1. The Morgan fingerprint density at radius 1 is 1.19 bits per heavy atom. The molecule has 0 spiro atoms. The summed E-state index contributed by atoms with van der Waals surface area (Å²) in [4.78, 5) is 19.3. The van der Waals surface area contributed by atoms with Crippen molar-refractivity contribution in [2.75, 3.05) is 12.4 Å². The van der Waals surface area contributed by atoms with Crippen LogP contribution in [0.25, 0.3) is 0 Å². The number of hydrogen-bond donors (Lipinski definition) is 1. The van der Waals surface area contributed by atoms with E-state index in [1.54, 1.807) is 42.6 Å². The van der Waals surface area contributed by atoms with E-state index in [2.05, 4.69) is 35.8 Å². The number of amides is 1. The number of nitrogens with zero attached hydrogens (tertiary/aromatic N) is 1. The fraction of sp³-hybridized carbons (Fsp3) is 0.357. The van der Waals surface area contributed by atoms with Crippen molar-refractivity contribution in [2.24, 2.45) is 16.3 Å². The van der Waals surface area contributed by atoms with Crippen LogP contribution in [-0.4, -0.2) is 25.8 Å². The van der Waals surface area contributed by atoms with Crippen molar-refractivity contribution in [1.29, 1.82) is 0 Å². The Morgan fingerprint density at radius 3 is 2.57 bits per heavy atom. The van der Waals surface area contributed by atoms with Crippen LogP contribution in [0.2, 0.25) is 5.02 Å². The second-order valence-corrected chi connectivity index (χ2v) is 11.5. The summed E-state index contributed by atoms with van der Waals surface area (Å²) in [5.74, 6) is 0.398. The van der Waals surface area contributed by atoms with Crippen LogP contribution in [0.1, 0.15) is 53.6 Å². The number of hydrogen-bond acceptors (Lipinski definition) is 5. The number of alkyl halides is 2. The highest BCUT2D eigenvalue weighted by atomic mass is 35.5. The van der Waals surface area contributed by atoms with Crippen LogP contribution in [0.5, 0.6) is 11.5 Å². The van der Waals surface area contributed by atoms with Gasteiger partial charge >= 0.3 is 6.61 Å². The molecule has 4 rings (SSSR count). The first-order chi connectivity index (χ1) is 17.5. The van der Waals surface area contributed by atoms with Crippen molar-refractivity contribution in [1.82, 2.24) is 0 Å². The summed E-state index contributed by atoms with van der Waals surface area (Å²) in [5, 5.41) is 4.17. The van der Waals surface area contributed by atoms with Gasteiger partial charge < -0.3 is 14.8 Å². The van der Waals surface area contributed by atoms with E-state index in [-0.39, 0.29) is 22.8 Å². The molecule has 0 fully saturated rings. The molecule has 0 aliphatic heterocycles. The molecule has 196 valence electrons. The van der Waals surface area contributed by atoms with E-state index in [4.69, 9.17) is 16.3 Å². The van der Waals surface area contributed by atoms with E-state index in [1.165, 1.54) is 29.4 Å². The lowest BCUT2D eigenvalue weighted by atomic mass is 9.72. The molecule has 1 atom stereocenters. The van der Waals surface area contributed by atoms with Crippen molar-refractivity contribution in [2.45, 2.75) is 46.6 Å². The Kier molecular flexibility index (Phi) is 8.19. The van der Waals surface area contributed by atoms with Crippen LogP contribution in [0, 0.1) is 11.3 Å². The topological polar surface area (TPSA) is 59.9 Å². The Morgan fingerprint density at radius 2 is 1.92 bits per heavy atom. The van der Waals surface area contributed by atoms with Gasteiger partial charge in [-0.05, 0) is 84.2 Å². The lowest BCUT2D eigenvalue weighted by molar-refractivity contribution is -0.0512. The van der Waals surface area contributed by atoms with Gasteiger partial charge in [-0.1, -0.05) is 32.4 Å². The molecule has 3 aromatic rings. The zero-order valence-corrected chi connectivity index (χ0v) is 22.7. The van der Waals surface area contributed by atoms with Crippen molar-refractivity contribution >= 4 is 45.7 Å². The molecule has 0 saturated heterocycles. The van der Waals surface area contributed by atoms with E-state index in [0.29, 0.717) is 32.8 Å². The van der Waals surface area contributed by atoms with E-state index in [1.807, 2.05) is 0 Å². The minimum atomic E-state index is -2.95. The summed E-state index contributed by atoms with van der Waals surface area (Å²) in [6.07, 6.45) is 4.31. The molecule has 0 bridgehead atoms. The second kappa shape index (κ2) is 11.2. The number of nitrogens with one attached hydrogen (secondary N) is 1. The number of aliphatic imine (C=N–C) groups is 1. The van der Waals surface area contributed by atoms with Gasteiger partial charge in [-0.2, -0.15) is 8.78 Å². The third-order valence-electron chi connectivity index (χ3n) is 6.54. The molecule has 1 aromatic heterocycles. The molecule has 1 N–H and O–H groups in total. The molecule has 5 nitrogen and oxygen atoms in total. The smallest absolute Gasteiger partial charge is 0.387 e. The highest BCUT2D eigenvalue weighted by molar-refractivity contribution is 7.16. The largest absolute Gasteiger partial charge is 0.493 e. The monoisotopic (exact) mass is 546 g/mol. The first-order valence-electron chi connectivity index (χ1n) is 11.9. The van der Waals surface area contributed by atoms with E-state index >= 15 is 0 Å². The number of rotatable bonds is 7. The van der Waals surface area contributed by atoms with Crippen molar-refractivity contribution in [3.05, 3.63) is 69.1 Å². The maximum absolute atomic E-state index is 13.5. The second-order valence-electron chi connectivity index (χ2n) is 10.00. The number of carbonyl (C=O) groups is 1. The number of anilines is 1. The number of thiophene rings is 1. The molecule has 1 amide bonds. The number of methoxy groups -OCH3 is 1. The molecule has 2 aromatic carbocycles.